The molecule has 2 aromatic rings. The van der Waals surface area contributed by atoms with E-state index in [1.165, 1.54) is 33.5 Å². The van der Waals surface area contributed by atoms with E-state index in [1.54, 1.807) is 24.3 Å². The van der Waals surface area contributed by atoms with Crippen molar-refractivity contribution >= 4 is 47.0 Å². The first kappa shape index (κ1) is 19.5. The molecule has 0 aliphatic heterocycles. The molecule has 0 amide bonds. The van der Waals surface area contributed by atoms with Gasteiger partial charge in [0.05, 0.1) is 21.3 Å². The maximum atomic E-state index is 11.6. The fraction of sp³-hybridized carbons (Fsp3) is 0.235. The van der Waals surface area contributed by atoms with Gasteiger partial charge in [-0.25, -0.2) is 4.79 Å². The third-order valence-corrected chi connectivity index (χ3v) is 3.79. The van der Waals surface area contributed by atoms with Crippen molar-refractivity contribution in [3.63, 3.8) is 0 Å². The molecule has 8 heteroatoms. The van der Waals surface area contributed by atoms with Gasteiger partial charge in [0.2, 0.25) is 9.54 Å². The van der Waals surface area contributed by atoms with E-state index in [4.69, 9.17) is 53.4 Å². The fourth-order valence-corrected chi connectivity index (χ4v) is 2.40. The van der Waals surface area contributed by atoms with E-state index >= 15 is 0 Å². The summed E-state index contributed by atoms with van der Waals surface area (Å²) in [5, 5.41) is 0. The zero-order valence-corrected chi connectivity index (χ0v) is 15.9. The van der Waals surface area contributed by atoms with Crippen molar-refractivity contribution in [3.8, 4) is 17.2 Å². The van der Waals surface area contributed by atoms with Crippen molar-refractivity contribution in [2.75, 3.05) is 21.3 Å². The van der Waals surface area contributed by atoms with Gasteiger partial charge in [-0.2, -0.15) is 0 Å². The summed E-state index contributed by atoms with van der Waals surface area (Å²) >= 11 is 17.3. The predicted octanol–water partition coefficient (Wildman–Crippen LogP) is 4.66. The largest absolute Gasteiger partial charge is 0.493 e. The van der Waals surface area contributed by atoms with Crippen LogP contribution in [-0.2, 0) is 3.79 Å². The molecule has 25 heavy (non-hydrogen) atoms. The van der Waals surface area contributed by atoms with Gasteiger partial charge in [-0.05, 0) is 29.3 Å². The molecule has 0 saturated heterocycles. The van der Waals surface area contributed by atoms with Crippen molar-refractivity contribution in [2.24, 2.45) is 0 Å². The van der Waals surface area contributed by atoms with Crippen LogP contribution in [0.5, 0.6) is 17.2 Å². The van der Waals surface area contributed by atoms with E-state index in [2.05, 4.69) is 0 Å². The van der Waals surface area contributed by atoms with Crippen LogP contribution in [0.3, 0.4) is 0 Å². The van der Waals surface area contributed by atoms with E-state index in [0.717, 1.165) is 5.56 Å². The van der Waals surface area contributed by atoms with Crippen LogP contribution in [0.15, 0.2) is 33.5 Å². The summed E-state index contributed by atoms with van der Waals surface area (Å²) in [7, 11) is 4.58. The Kier molecular flexibility index (Phi) is 6.27. The van der Waals surface area contributed by atoms with Crippen molar-refractivity contribution in [1.29, 1.82) is 0 Å². The molecular weight excluding hydrogens is 391 g/mol. The van der Waals surface area contributed by atoms with Crippen molar-refractivity contribution in [3.05, 3.63) is 51.6 Å². The number of hydrogen-bond donors (Lipinski definition) is 0. The zero-order valence-electron chi connectivity index (χ0n) is 13.6. The van der Waals surface area contributed by atoms with Crippen molar-refractivity contribution < 1.29 is 18.6 Å². The number of methoxy groups -OCH3 is 3. The Morgan fingerprint density at radius 2 is 1.40 bits per heavy atom. The Morgan fingerprint density at radius 3 is 1.84 bits per heavy atom. The Labute approximate surface area is 159 Å². The smallest absolute Gasteiger partial charge is 0.336 e. The van der Waals surface area contributed by atoms with E-state index < -0.39 is 9.42 Å². The molecule has 5 nitrogen and oxygen atoms in total. The zero-order chi connectivity index (χ0) is 18.6. The van der Waals surface area contributed by atoms with Crippen LogP contribution in [0, 0.1) is 0 Å². The first-order valence-electron chi connectivity index (χ1n) is 6.99. The highest BCUT2D eigenvalue weighted by Gasteiger charge is 2.26. The number of halogens is 3. The lowest BCUT2D eigenvalue weighted by Gasteiger charge is -2.13. The standard InChI is InChI=1S/C17H15Cl3O5/c1-22-12-6-10(7-13(23-2)16(12)24-3)4-5-11-8-14(17(18,19)20)25-15(21)9-11/h4-9H,1-3H3/b5-4+. The lowest BCUT2D eigenvalue weighted by atomic mass is 10.1. The van der Waals surface area contributed by atoms with Crippen LogP contribution in [-0.4, -0.2) is 21.3 Å². The average molecular weight is 406 g/mol. The minimum absolute atomic E-state index is 0.0606. The molecule has 0 aliphatic rings. The molecule has 0 bridgehead atoms. The summed E-state index contributed by atoms with van der Waals surface area (Å²) in [6, 6.07) is 6.29. The molecule has 134 valence electrons. The normalized spacial score (nSPS) is 11.6. The van der Waals surface area contributed by atoms with Crippen LogP contribution in [0.4, 0.5) is 0 Å². The van der Waals surface area contributed by atoms with Crippen LogP contribution in [0.1, 0.15) is 16.9 Å². The van der Waals surface area contributed by atoms with Crippen LogP contribution < -0.4 is 19.8 Å². The maximum absolute atomic E-state index is 11.6. The monoisotopic (exact) mass is 404 g/mol. The Morgan fingerprint density at radius 1 is 0.880 bits per heavy atom. The summed E-state index contributed by atoms with van der Waals surface area (Å²) in [5.74, 6) is 1.45. The molecule has 0 saturated carbocycles. The highest BCUT2D eigenvalue weighted by molar-refractivity contribution is 6.66. The van der Waals surface area contributed by atoms with Gasteiger partial charge in [-0.15, -0.1) is 0 Å². The molecule has 0 spiro atoms. The topological polar surface area (TPSA) is 57.9 Å². The fourth-order valence-electron chi connectivity index (χ4n) is 2.12. The van der Waals surface area contributed by atoms with Crippen LogP contribution >= 0.6 is 34.8 Å². The summed E-state index contributed by atoms with van der Waals surface area (Å²) in [6.45, 7) is 0. The summed E-state index contributed by atoms with van der Waals surface area (Å²) in [5.41, 5.74) is 0.665. The molecule has 0 N–H and O–H groups in total. The predicted molar refractivity (Wildman–Crippen MR) is 99.2 cm³/mol. The molecule has 0 fully saturated rings. The first-order chi connectivity index (χ1) is 11.8. The summed E-state index contributed by atoms with van der Waals surface area (Å²) in [4.78, 5) is 11.6. The van der Waals surface area contributed by atoms with Gasteiger partial charge in [0.1, 0.15) is 0 Å². The van der Waals surface area contributed by atoms with Crippen molar-refractivity contribution in [1.82, 2.24) is 0 Å². The molecule has 1 heterocycles. The molecule has 0 aliphatic carbocycles. The van der Waals surface area contributed by atoms with Crippen molar-refractivity contribution in [2.45, 2.75) is 3.79 Å². The summed E-state index contributed by atoms with van der Waals surface area (Å²) in [6.07, 6.45) is 3.43. The van der Waals surface area contributed by atoms with Gasteiger partial charge in [0.25, 0.3) is 0 Å². The highest BCUT2D eigenvalue weighted by atomic mass is 35.6. The average Bonchev–Trinajstić information content (AvgIpc) is 2.57. The first-order valence-corrected chi connectivity index (χ1v) is 8.12. The highest BCUT2D eigenvalue weighted by Crippen LogP contribution is 2.39. The molecular formula is C17H15Cl3O5. The second-order valence-corrected chi connectivity index (χ2v) is 7.15. The number of rotatable bonds is 5. The third kappa shape index (κ3) is 4.84. The third-order valence-electron chi connectivity index (χ3n) is 3.23. The minimum Gasteiger partial charge on any atom is -0.493 e. The Hall–Kier alpha value is -1.82. The van der Waals surface area contributed by atoms with Gasteiger partial charge < -0.3 is 18.6 Å². The number of alkyl halides is 3. The molecule has 0 radical (unpaired) electrons. The maximum Gasteiger partial charge on any atom is 0.336 e. The number of ether oxygens (including phenoxy) is 3. The molecule has 0 atom stereocenters. The SMILES string of the molecule is COc1cc(/C=C/c2cc(C(Cl)(Cl)Cl)oc(=O)c2)cc(OC)c1OC. The van der Waals surface area contributed by atoms with Gasteiger partial charge in [-0.3, -0.25) is 0 Å². The van der Waals surface area contributed by atoms with E-state index in [9.17, 15) is 4.79 Å². The van der Waals surface area contributed by atoms with E-state index in [-0.39, 0.29) is 5.76 Å². The lowest BCUT2D eigenvalue weighted by Crippen LogP contribution is -2.07. The van der Waals surface area contributed by atoms with Gasteiger partial charge in [0, 0.05) is 6.07 Å². The summed E-state index contributed by atoms with van der Waals surface area (Å²) < 4.78 is 18.9. The Balaban J connectivity index is 2.43. The van der Waals surface area contributed by atoms with E-state index in [1.807, 2.05) is 0 Å². The number of hydrogen-bond acceptors (Lipinski definition) is 5. The molecule has 2 rings (SSSR count). The molecule has 0 unspecified atom stereocenters. The second-order valence-electron chi connectivity index (χ2n) is 4.86. The van der Waals surface area contributed by atoms with Gasteiger partial charge in [-0.1, -0.05) is 47.0 Å². The molecule has 1 aromatic carbocycles. The van der Waals surface area contributed by atoms with Crippen LogP contribution in [0.25, 0.3) is 12.2 Å². The van der Waals surface area contributed by atoms with E-state index in [0.29, 0.717) is 22.8 Å². The lowest BCUT2D eigenvalue weighted by molar-refractivity contribution is 0.324. The quantitative estimate of drug-likeness (QED) is 0.677. The minimum atomic E-state index is -1.82. The Bertz CT molecular complexity index is 812. The number of benzene rings is 1. The second kappa shape index (κ2) is 8.04. The van der Waals surface area contributed by atoms with Crippen LogP contribution in [0.2, 0.25) is 0 Å². The van der Waals surface area contributed by atoms with Gasteiger partial charge >= 0.3 is 5.63 Å². The van der Waals surface area contributed by atoms with Gasteiger partial charge in [0.15, 0.2) is 17.3 Å². The molecule has 1 aromatic heterocycles.